The Balaban J connectivity index is 0.000000284. The Morgan fingerprint density at radius 3 is 1.35 bits per heavy atom. The van der Waals surface area contributed by atoms with E-state index in [2.05, 4.69) is 52.0 Å². The fourth-order valence-corrected chi connectivity index (χ4v) is 2.01. The van der Waals surface area contributed by atoms with Crippen molar-refractivity contribution in [3.8, 4) is 0 Å². The normalized spacial score (nSPS) is 17.2. The first-order valence-electron chi connectivity index (χ1n) is 6.22. The molecule has 0 heterocycles. The zero-order chi connectivity index (χ0) is 12.0. The quantitative estimate of drug-likeness (QED) is 0.492. The summed E-state index contributed by atoms with van der Waals surface area (Å²) in [5, 5.41) is 0. The van der Waals surface area contributed by atoms with Crippen molar-refractivity contribution in [2.24, 2.45) is 0 Å². The van der Waals surface area contributed by atoms with E-state index in [0.29, 0.717) is 0 Å². The number of rotatable bonds is 2. The smallest absolute Gasteiger partial charge is 0.269 e. The third-order valence-corrected chi connectivity index (χ3v) is 3.16. The fourth-order valence-electron chi connectivity index (χ4n) is 2.01. The Morgan fingerprint density at radius 2 is 1.24 bits per heavy atom. The summed E-state index contributed by atoms with van der Waals surface area (Å²) in [6.07, 6.45) is 15.4. The monoisotopic (exact) mass is 270 g/mol. The number of hydrogen-bond acceptors (Lipinski definition) is 0. The zero-order valence-corrected chi connectivity index (χ0v) is 12.4. The maximum atomic E-state index is 3.24. The van der Waals surface area contributed by atoms with E-state index in [1.54, 1.807) is 0 Å². The molecule has 0 bridgehead atoms. The van der Waals surface area contributed by atoms with E-state index in [4.69, 9.17) is 0 Å². The van der Waals surface area contributed by atoms with Gasteiger partial charge in [-0.05, 0) is 0 Å². The van der Waals surface area contributed by atoms with Gasteiger partial charge in [0.25, 0.3) is 0 Å². The molecule has 1 heteroatoms. The van der Waals surface area contributed by atoms with Crippen molar-refractivity contribution in [1.29, 1.82) is 0 Å². The summed E-state index contributed by atoms with van der Waals surface area (Å²) >= 11 is 0. The van der Waals surface area contributed by atoms with Gasteiger partial charge in [0.15, 0.2) is 0 Å². The van der Waals surface area contributed by atoms with Gasteiger partial charge in [-0.25, -0.2) is 11.1 Å². The van der Waals surface area contributed by atoms with Gasteiger partial charge in [0.1, 0.15) is 0 Å². The minimum absolute atomic E-state index is 0. The van der Waals surface area contributed by atoms with Gasteiger partial charge in [-0.15, -0.1) is 12.8 Å². The van der Waals surface area contributed by atoms with Crippen LogP contribution in [0.25, 0.3) is 0 Å². The molecule has 94 valence electrons. The van der Waals surface area contributed by atoms with Crippen LogP contribution in [0.2, 0.25) is 0 Å². The van der Waals surface area contributed by atoms with Crippen LogP contribution >= 0.6 is 0 Å². The molecule has 0 spiro atoms. The third-order valence-electron chi connectivity index (χ3n) is 3.16. The van der Waals surface area contributed by atoms with Gasteiger partial charge in [-0.3, -0.25) is 12.2 Å². The molecule has 0 aromatic heterocycles. The van der Waals surface area contributed by atoms with Crippen molar-refractivity contribution in [2.45, 2.75) is 53.4 Å². The molecule has 0 N–H and O–H groups in total. The van der Waals surface area contributed by atoms with Gasteiger partial charge >= 0.3 is 17.1 Å². The average molecular weight is 270 g/mol. The second-order valence-corrected chi connectivity index (χ2v) is 4.18. The minimum atomic E-state index is 0. The standard InChI is InChI=1S/2C8H11.Fe/c2*1-3-8-6-4-5-7(8)2;/h2*6H,3-4H2,1-2H3;/q2*-1;+2. The largest absolute Gasteiger partial charge is 2.00 e. The first-order valence-corrected chi connectivity index (χ1v) is 6.22. The van der Waals surface area contributed by atoms with Gasteiger partial charge in [-0.1, -0.05) is 40.5 Å². The molecule has 0 saturated carbocycles. The molecule has 2 rings (SSSR count). The predicted molar refractivity (Wildman–Crippen MR) is 70.8 cm³/mol. The van der Waals surface area contributed by atoms with Crippen molar-refractivity contribution in [3.63, 3.8) is 0 Å². The summed E-state index contributed by atoms with van der Waals surface area (Å²) in [5.41, 5.74) is 5.66. The van der Waals surface area contributed by atoms with Crippen molar-refractivity contribution < 1.29 is 17.1 Å². The topological polar surface area (TPSA) is 0 Å². The first kappa shape index (κ1) is 16.5. The molecule has 0 atom stereocenters. The predicted octanol–water partition coefficient (Wildman–Crippen LogP) is 4.95. The van der Waals surface area contributed by atoms with Crippen LogP contribution in [-0.2, 0) is 17.1 Å². The Labute approximate surface area is 117 Å². The van der Waals surface area contributed by atoms with Gasteiger partial charge in [0.05, 0.1) is 0 Å². The Morgan fingerprint density at radius 1 is 0.882 bits per heavy atom. The van der Waals surface area contributed by atoms with E-state index in [0.717, 1.165) is 12.8 Å². The zero-order valence-electron chi connectivity index (χ0n) is 11.3. The summed E-state index contributed by atoms with van der Waals surface area (Å²) in [6.45, 7) is 8.62. The summed E-state index contributed by atoms with van der Waals surface area (Å²) in [4.78, 5) is 0. The van der Waals surface area contributed by atoms with E-state index in [-0.39, 0.29) is 17.1 Å². The van der Waals surface area contributed by atoms with E-state index >= 15 is 0 Å². The summed E-state index contributed by atoms with van der Waals surface area (Å²) in [5.74, 6) is 0. The molecular weight excluding hydrogens is 248 g/mol. The molecule has 17 heavy (non-hydrogen) atoms. The van der Waals surface area contributed by atoms with Crippen molar-refractivity contribution in [1.82, 2.24) is 0 Å². The van der Waals surface area contributed by atoms with Gasteiger partial charge < -0.3 is 0 Å². The Hall–Kier alpha value is -0.521. The molecule has 0 radical (unpaired) electrons. The average Bonchev–Trinajstić information content (AvgIpc) is 2.87. The molecule has 2 aliphatic carbocycles. The number of allylic oxidation sites excluding steroid dienone is 8. The van der Waals surface area contributed by atoms with E-state index < -0.39 is 0 Å². The van der Waals surface area contributed by atoms with Gasteiger partial charge in [-0.2, -0.15) is 23.3 Å². The van der Waals surface area contributed by atoms with E-state index in [9.17, 15) is 0 Å². The molecule has 2 aliphatic rings. The summed E-state index contributed by atoms with van der Waals surface area (Å²) in [6, 6.07) is 0. The summed E-state index contributed by atoms with van der Waals surface area (Å²) in [7, 11) is 0. The van der Waals surface area contributed by atoms with E-state index in [1.807, 2.05) is 0 Å². The molecule has 0 amide bonds. The SMILES string of the molecule is CCC1=CC[C-]=C1C.CCC1=CC[C-]=C1C.[Fe+2]. The molecule has 0 nitrogen and oxygen atoms in total. The van der Waals surface area contributed by atoms with Crippen molar-refractivity contribution >= 4 is 0 Å². The van der Waals surface area contributed by atoms with E-state index in [1.165, 1.54) is 35.1 Å². The van der Waals surface area contributed by atoms with Crippen molar-refractivity contribution in [3.05, 3.63) is 46.6 Å². The van der Waals surface area contributed by atoms with Crippen LogP contribution in [0.3, 0.4) is 0 Å². The first-order chi connectivity index (χ1) is 7.69. The molecular formula is C16H22Fe. The van der Waals surface area contributed by atoms with Crippen molar-refractivity contribution in [2.75, 3.05) is 0 Å². The third kappa shape index (κ3) is 5.10. The van der Waals surface area contributed by atoms with Gasteiger partial charge in [0, 0.05) is 0 Å². The van der Waals surface area contributed by atoms with Crippen LogP contribution in [0.15, 0.2) is 34.4 Å². The van der Waals surface area contributed by atoms with Crippen LogP contribution in [0.1, 0.15) is 53.4 Å². The Bertz CT molecular complexity index is 318. The molecule has 0 saturated heterocycles. The van der Waals surface area contributed by atoms with Gasteiger partial charge in [0.2, 0.25) is 0 Å². The van der Waals surface area contributed by atoms with Crippen LogP contribution < -0.4 is 0 Å². The molecule has 0 aliphatic heterocycles. The second kappa shape index (κ2) is 8.55. The molecule has 0 aromatic rings. The second-order valence-electron chi connectivity index (χ2n) is 4.18. The minimum Gasteiger partial charge on any atom is -0.269 e. The van der Waals surface area contributed by atoms with Crippen LogP contribution in [0, 0.1) is 12.2 Å². The molecule has 0 fully saturated rings. The molecule has 0 unspecified atom stereocenters. The fraction of sp³-hybridized carbons (Fsp3) is 0.500. The molecule has 0 aromatic carbocycles. The number of hydrogen-bond donors (Lipinski definition) is 0. The van der Waals surface area contributed by atoms with Crippen LogP contribution in [-0.4, -0.2) is 0 Å². The maximum Gasteiger partial charge on any atom is 2.00 e. The maximum absolute atomic E-state index is 3.24. The van der Waals surface area contributed by atoms with Crippen LogP contribution in [0.4, 0.5) is 0 Å². The summed E-state index contributed by atoms with van der Waals surface area (Å²) < 4.78 is 0. The Kier molecular flexibility index (Phi) is 8.29. The van der Waals surface area contributed by atoms with Crippen LogP contribution in [0.5, 0.6) is 0 Å².